The fourth-order valence-corrected chi connectivity index (χ4v) is 1.99. The summed E-state index contributed by atoms with van der Waals surface area (Å²) in [5.74, 6) is 0. The molecule has 0 aliphatic carbocycles. The van der Waals surface area contributed by atoms with E-state index in [1.54, 1.807) is 0 Å². The van der Waals surface area contributed by atoms with Crippen LogP contribution >= 0.6 is 0 Å². The summed E-state index contributed by atoms with van der Waals surface area (Å²) in [5, 5.41) is 3.58. The van der Waals surface area contributed by atoms with Crippen LogP contribution < -0.4 is 11.1 Å². The predicted molar refractivity (Wildman–Crippen MR) is 75.2 cm³/mol. The van der Waals surface area contributed by atoms with Crippen LogP contribution in [0.15, 0.2) is 12.1 Å². The lowest BCUT2D eigenvalue weighted by Gasteiger charge is -2.26. The van der Waals surface area contributed by atoms with Crippen LogP contribution in [-0.4, -0.2) is 12.1 Å². The van der Waals surface area contributed by atoms with E-state index in [1.165, 1.54) is 22.3 Å². The first-order chi connectivity index (χ1) is 7.85. The van der Waals surface area contributed by atoms with Gasteiger partial charge in [-0.25, -0.2) is 0 Å². The van der Waals surface area contributed by atoms with E-state index in [4.69, 9.17) is 5.73 Å². The zero-order chi connectivity index (χ0) is 13.1. The first-order valence-electron chi connectivity index (χ1n) is 6.37. The van der Waals surface area contributed by atoms with Crippen LogP contribution in [0, 0.1) is 20.8 Å². The second kappa shape index (κ2) is 5.65. The van der Waals surface area contributed by atoms with E-state index in [1.807, 2.05) is 0 Å². The molecule has 0 spiro atoms. The number of aryl methyl sites for hydroxylation is 3. The Bertz CT molecular complexity index is 381. The molecule has 0 aromatic heterocycles. The van der Waals surface area contributed by atoms with Crippen LogP contribution in [0.5, 0.6) is 0 Å². The van der Waals surface area contributed by atoms with Crippen molar-refractivity contribution in [1.82, 2.24) is 5.32 Å². The molecule has 1 aromatic carbocycles. The van der Waals surface area contributed by atoms with Crippen molar-refractivity contribution in [3.8, 4) is 0 Å². The van der Waals surface area contributed by atoms with Crippen molar-refractivity contribution in [2.24, 2.45) is 5.73 Å². The van der Waals surface area contributed by atoms with Gasteiger partial charge in [-0.3, -0.25) is 0 Å². The average Bonchev–Trinajstić information content (AvgIpc) is 2.21. The number of hydrogen-bond acceptors (Lipinski definition) is 2. The van der Waals surface area contributed by atoms with Gasteiger partial charge in [0.05, 0.1) is 0 Å². The number of rotatable bonds is 5. The lowest BCUT2D eigenvalue weighted by atomic mass is 9.97. The third kappa shape index (κ3) is 4.14. The smallest absolute Gasteiger partial charge is 0.0213 e. The number of nitrogens with two attached hydrogens (primary N) is 1. The third-order valence-electron chi connectivity index (χ3n) is 3.48. The summed E-state index contributed by atoms with van der Waals surface area (Å²) in [7, 11) is 0. The van der Waals surface area contributed by atoms with E-state index < -0.39 is 0 Å². The molecule has 0 saturated heterocycles. The van der Waals surface area contributed by atoms with Gasteiger partial charge in [0.25, 0.3) is 0 Å². The maximum absolute atomic E-state index is 5.62. The molecule has 0 atom stereocenters. The molecule has 17 heavy (non-hydrogen) atoms. The molecule has 0 unspecified atom stereocenters. The fraction of sp³-hybridized carbons (Fsp3) is 0.600. The Kier molecular flexibility index (Phi) is 4.72. The molecule has 96 valence electrons. The molecule has 0 radical (unpaired) electrons. The van der Waals surface area contributed by atoms with E-state index in [2.05, 4.69) is 52.1 Å². The summed E-state index contributed by atoms with van der Waals surface area (Å²) in [4.78, 5) is 0. The average molecular weight is 234 g/mol. The van der Waals surface area contributed by atoms with Gasteiger partial charge in [-0.15, -0.1) is 0 Å². The Labute approximate surface area is 106 Å². The van der Waals surface area contributed by atoms with Gasteiger partial charge in [0, 0.05) is 12.1 Å². The van der Waals surface area contributed by atoms with Crippen molar-refractivity contribution < 1.29 is 0 Å². The summed E-state index contributed by atoms with van der Waals surface area (Å²) < 4.78 is 0. The molecule has 0 amide bonds. The van der Waals surface area contributed by atoms with E-state index in [-0.39, 0.29) is 5.54 Å². The van der Waals surface area contributed by atoms with Crippen LogP contribution in [0.2, 0.25) is 0 Å². The zero-order valence-corrected chi connectivity index (χ0v) is 11.9. The highest BCUT2D eigenvalue weighted by Crippen LogP contribution is 2.16. The van der Waals surface area contributed by atoms with E-state index >= 15 is 0 Å². The summed E-state index contributed by atoms with van der Waals surface area (Å²) in [6.07, 6.45) is 0.997. The van der Waals surface area contributed by atoms with Crippen molar-refractivity contribution >= 4 is 0 Å². The lowest BCUT2D eigenvalue weighted by Crippen LogP contribution is -2.40. The molecule has 0 heterocycles. The lowest BCUT2D eigenvalue weighted by molar-refractivity contribution is 0.365. The van der Waals surface area contributed by atoms with Crippen LogP contribution in [-0.2, 0) is 6.54 Å². The summed E-state index contributed by atoms with van der Waals surface area (Å²) in [6, 6.07) is 4.55. The van der Waals surface area contributed by atoms with Crippen LogP contribution in [0.25, 0.3) is 0 Å². The molecule has 1 rings (SSSR count). The topological polar surface area (TPSA) is 38.0 Å². The van der Waals surface area contributed by atoms with E-state index in [0.717, 1.165) is 19.5 Å². The number of hydrogen-bond donors (Lipinski definition) is 2. The molecule has 0 fully saturated rings. The highest BCUT2D eigenvalue weighted by Gasteiger charge is 2.15. The van der Waals surface area contributed by atoms with Gasteiger partial charge < -0.3 is 11.1 Å². The maximum atomic E-state index is 5.62. The molecule has 0 aliphatic rings. The zero-order valence-electron chi connectivity index (χ0n) is 11.9. The van der Waals surface area contributed by atoms with E-state index in [0.29, 0.717) is 0 Å². The predicted octanol–water partition coefficient (Wildman–Crippen LogP) is 2.83. The summed E-state index contributed by atoms with van der Waals surface area (Å²) >= 11 is 0. The minimum atomic E-state index is 0.111. The second-order valence-electron chi connectivity index (χ2n) is 5.64. The number of benzene rings is 1. The van der Waals surface area contributed by atoms with Gasteiger partial charge in [0.1, 0.15) is 0 Å². The van der Waals surface area contributed by atoms with Gasteiger partial charge in [0.15, 0.2) is 0 Å². The van der Waals surface area contributed by atoms with Crippen LogP contribution in [0.1, 0.15) is 42.5 Å². The highest BCUT2D eigenvalue weighted by atomic mass is 15.0. The second-order valence-corrected chi connectivity index (χ2v) is 5.64. The molecule has 0 aliphatic heterocycles. The van der Waals surface area contributed by atoms with E-state index in [9.17, 15) is 0 Å². The van der Waals surface area contributed by atoms with Gasteiger partial charge in [-0.2, -0.15) is 0 Å². The minimum Gasteiger partial charge on any atom is -0.330 e. The first-order valence-corrected chi connectivity index (χ1v) is 6.37. The van der Waals surface area contributed by atoms with Crippen molar-refractivity contribution in [2.45, 2.75) is 53.1 Å². The molecule has 0 saturated carbocycles. The molecule has 2 heteroatoms. The normalized spacial score (nSPS) is 11.9. The molecular weight excluding hydrogens is 208 g/mol. The van der Waals surface area contributed by atoms with Gasteiger partial charge >= 0.3 is 0 Å². The maximum Gasteiger partial charge on any atom is 0.0213 e. The molecule has 3 N–H and O–H groups in total. The van der Waals surface area contributed by atoms with Gasteiger partial charge in [-0.05, 0) is 69.8 Å². The van der Waals surface area contributed by atoms with Gasteiger partial charge in [-0.1, -0.05) is 12.1 Å². The molecular formula is C15H26N2. The SMILES string of the molecule is Cc1cc(C)c(CNC(C)(C)CCN)cc1C. The fourth-order valence-electron chi connectivity index (χ4n) is 1.99. The molecule has 2 nitrogen and oxygen atoms in total. The van der Waals surface area contributed by atoms with Gasteiger partial charge in [0.2, 0.25) is 0 Å². The largest absolute Gasteiger partial charge is 0.330 e. The van der Waals surface area contributed by atoms with Crippen molar-refractivity contribution in [2.75, 3.05) is 6.54 Å². The quantitative estimate of drug-likeness (QED) is 0.822. The Balaban J connectivity index is 2.73. The third-order valence-corrected chi connectivity index (χ3v) is 3.48. The molecule has 1 aromatic rings. The highest BCUT2D eigenvalue weighted by molar-refractivity contribution is 5.36. The summed E-state index contributed by atoms with van der Waals surface area (Å²) in [6.45, 7) is 12.6. The van der Waals surface area contributed by atoms with Crippen molar-refractivity contribution in [1.29, 1.82) is 0 Å². The van der Waals surface area contributed by atoms with Crippen LogP contribution in [0.3, 0.4) is 0 Å². The van der Waals surface area contributed by atoms with Crippen molar-refractivity contribution in [3.05, 3.63) is 34.4 Å². The van der Waals surface area contributed by atoms with Crippen molar-refractivity contribution in [3.63, 3.8) is 0 Å². The Hall–Kier alpha value is -0.860. The molecule has 0 bridgehead atoms. The Morgan fingerprint density at radius 2 is 1.65 bits per heavy atom. The minimum absolute atomic E-state index is 0.111. The van der Waals surface area contributed by atoms with Crippen LogP contribution in [0.4, 0.5) is 0 Å². The Morgan fingerprint density at radius 3 is 2.24 bits per heavy atom. The monoisotopic (exact) mass is 234 g/mol. The summed E-state index contributed by atoms with van der Waals surface area (Å²) in [5.41, 5.74) is 11.2. The first kappa shape index (κ1) is 14.2. The Morgan fingerprint density at radius 1 is 1.06 bits per heavy atom. The number of nitrogens with one attached hydrogen (secondary N) is 1. The standard InChI is InChI=1S/C15H26N2/c1-11-8-13(3)14(9-12(11)2)10-17-15(4,5)6-7-16/h8-9,17H,6-7,10,16H2,1-5H3.